The van der Waals surface area contributed by atoms with Gasteiger partial charge in [0.1, 0.15) is 0 Å². The van der Waals surface area contributed by atoms with Crippen LogP contribution in [-0.2, 0) is 4.74 Å². The number of ether oxygens (including phenoxy) is 1. The molecule has 15 heavy (non-hydrogen) atoms. The summed E-state index contributed by atoms with van der Waals surface area (Å²) in [4.78, 5) is 1.17. The van der Waals surface area contributed by atoms with E-state index in [0.717, 1.165) is 29.3 Å². The Morgan fingerprint density at radius 2 is 2.53 bits per heavy atom. The predicted molar refractivity (Wildman–Crippen MR) is 64.6 cm³/mol. The minimum Gasteiger partial charge on any atom is -0.378 e. The van der Waals surface area contributed by atoms with Gasteiger partial charge in [0, 0.05) is 17.5 Å². The van der Waals surface area contributed by atoms with Crippen LogP contribution in [0.5, 0.6) is 0 Å². The standard InChI is InChI=1S/C11H16ClNOS/c1-7-5-10(15-11(7)12)9(13)6-8-3-2-4-14-8/h5,8-9H,2-4,6,13H2,1H3. The lowest BCUT2D eigenvalue weighted by Crippen LogP contribution is -2.17. The van der Waals surface area contributed by atoms with Gasteiger partial charge >= 0.3 is 0 Å². The first-order chi connectivity index (χ1) is 7.16. The van der Waals surface area contributed by atoms with Crippen molar-refractivity contribution in [3.8, 4) is 0 Å². The highest BCUT2D eigenvalue weighted by molar-refractivity contribution is 7.16. The highest BCUT2D eigenvalue weighted by atomic mass is 35.5. The number of hydrogen-bond acceptors (Lipinski definition) is 3. The van der Waals surface area contributed by atoms with Crippen LogP contribution in [-0.4, -0.2) is 12.7 Å². The number of aryl methyl sites for hydroxylation is 1. The van der Waals surface area contributed by atoms with E-state index in [1.807, 2.05) is 6.92 Å². The van der Waals surface area contributed by atoms with Crippen molar-refractivity contribution < 1.29 is 4.74 Å². The first kappa shape index (κ1) is 11.4. The lowest BCUT2D eigenvalue weighted by molar-refractivity contribution is 0.0986. The first-order valence-corrected chi connectivity index (χ1v) is 6.49. The molecule has 0 radical (unpaired) electrons. The zero-order chi connectivity index (χ0) is 10.8. The molecule has 2 atom stereocenters. The minimum absolute atomic E-state index is 0.0734. The molecule has 0 saturated carbocycles. The van der Waals surface area contributed by atoms with Crippen LogP contribution >= 0.6 is 22.9 Å². The lowest BCUT2D eigenvalue weighted by atomic mass is 10.1. The molecule has 4 heteroatoms. The average molecular weight is 246 g/mol. The van der Waals surface area contributed by atoms with Crippen LogP contribution < -0.4 is 5.73 Å². The maximum Gasteiger partial charge on any atom is 0.0960 e. The number of hydrogen-bond donors (Lipinski definition) is 1. The van der Waals surface area contributed by atoms with E-state index in [1.165, 1.54) is 11.3 Å². The fourth-order valence-electron chi connectivity index (χ4n) is 1.90. The molecular weight excluding hydrogens is 230 g/mol. The Balaban J connectivity index is 1.97. The van der Waals surface area contributed by atoms with E-state index in [-0.39, 0.29) is 6.04 Å². The molecule has 84 valence electrons. The molecule has 1 aliphatic heterocycles. The van der Waals surface area contributed by atoms with Gasteiger partial charge in [-0.3, -0.25) is 0 Å². The third-order valence-electron chi connectivity index (χ3n) is 2.78. The molecule has 0 bridgehead atoms. The van der Waals surface area contributed by atoms with Gasteiger partial charge < -0.3 is 10.5 Å². The quantitative estimate of drug-likeness (QED) is 0.887. The zero-order valence-corrected chi connectivity index (χ0v) is 10.4. The Morgan fingerprint density at radius 1 is 1.73 bits per heavy atom. The second-order valence-electron chi connectivity index (χ2n) is 4.08. The Bertz CT molecular complexity index is 314. The van der Waals surface area contributed by atoms with Crippen molar-refractivity contribution in [2.75, 3.05) is 6.61 Å². The van der Waals surface area contributed by atoms with Crippen molar-refractivity contribution in [2.24, 2.45) is 5.73 Å². The zero-order valence-electron chi connectivity index (χ0n) is 8.83. The second-order valence-corrected chi connectivity index (χ2v) is 5.77. The van der Waals surface area contributed by atoms with Crippen molar-refractivity contribution >= 4 is 22.9 Å². The molecule has 1 aromatic rings. The van der Waals surface area contributed by atoms with E-state index >= 15 is 0 Å². The molecule has 1 fully saturated rings. The molecule has 0 amide bonds. The number of halogens is 1. The number of nitrogens with two attached hydrogens (primary N) is 1. The van der Waals surface area contributed by atoms with Crippen molar-refractivity contribution in [1.82, 2.24) is 0 Å². The highest BCUT2D eigenvalue weighted by Crippen LogP contribution is 2.33. The molecule has 1 aliphatic rings. The van der Waals surface area contributed by atoms with Gasteiger partial charge in [-0.15, -0.1) is 11.3 Å². The van der Waals surface area contributed by atoms with Crippen LogP contribution in [0.3, 0.4) is 0 Å². The van der Waals surface area contributed by atoms with E-state index in [9.17, 15) is 0 Å². The molecule has 0 aliphatic carbocycles. The van der Waals surface area contributed by atoms with Crippen LogP contribution in [0, 0.1) is 6.92 Å². The van der Waals surface area contributed by atoms with Gasteiger partial charge in [-0.25, -0.2) is 0 Å². The molecule has 1 saturated heterocycles. The third kappa shape index (κ3) is 2.72. The van der Waals surface area contributed by atoms with E-state index in [1.54, 1.807) is 11.3 Å². The van der Waals surface area contributed by atoms with E-state index in [4.69, 9.17) is 22.1 Å². The van der Waals surface area contributed by atoms with Crippen LogP contribution in [0.25, 0.3) is 0 Å². The summed E-state index contributed by atoms with van der Waals surface area (Å²) < 4.78 is 6.43. The van der Waals surface area contributed by atoms with Gasteiger partial charge in [-0.05, 0) is 37.8 Å². The molecule has 2 N–H and O–H groups in total. The summed E-state index contributed by atoms with van der Waals surface area (Å²) in [7, 11) is 0. The molecule has 0 spiro atoms. The Hall–Kier alpha value is -0.0900. The average Bonchev–Trinajstić information content (AvgIpc) is 2.78. The van der Waals surface area contributed by atoms with Gasteiger partial charge in [0.15, 0.2) is 0 Å². The summed E-state index contributed by atoms with van der Waals surface area (Å²) in [6.07, 6.45) is 3.57. The van der Waals surface area contributed by atoms with Crippen molar-refractivity contribution in [3.05, 3.63) is 20.8 Å². The topological polar surface area (TPSA) is 35.2 Å². The highest BCUT2D eigenvalue weighted by Gasteiger charge is 2.20. The largest absolute Gasteiger partial charge is 0.378 e. The van der Waals surface area contributed by atoms with E-state index in [2.05, 4.69) is 6.07 Å². The summed E-state index contributed by atoms with van der Waals surface area (Å²) in [5.41, 5.74) is 7.25. The molecule has 1 aromatic heterocycles. The lowest BCUT2D eigenvalue weighted by Gasteiger charge is -2.14. The molecular formula is C11H16ClNOS. The molecule has 2 rings (SSSR count). The monoisotopic (exact) mass is 245 g/mol. The Morgan fingerprint density at radius 3 is 3.07 bits per heavy atom. The van der Waals surface area contributed by atoms with Gasteiger partial charge in [-0.2, -0.15) is 0 Å². The minimum atomic E-state index is 0.0734. The maximum absolute atomic E-state index is 6.13. The van der Waals surface area contributed by atoms with Crippen LogP contribution in [0.2, 0.25) is 4.34 Å². The van der Waals surface area contributed by atoms with Gasteiger partial charge in [0.25, 0.3) is 0 Å². The Labute approximate surface area is 99.4 Å². The predicted octanol–water partition coefficient (Wildman–Crippen LogP) is 3.28. The fraction of sp³-hybridized carbons (Fsp3) is 0.636. The fourth-order valence-corrected chi connectivity index (χ4v) is 3.13. The van der Waals surface area contributed by atoms with Crippen LogP contribution in [0.15, 0.2) is 6.07 Å². The second kappa shape index (κ2) is 4.83. The maximum atomic E-state index is 6.13. The van der Waals surface area contributed by atoms with Gasteiger partial charge in [-0.1, -0.05) is 11.6 Å². The van der Waals surface area contributed by atoms with Crippen LogP contribution in [0.1, 0.15) is 35.7 Å². The summed E-state index contributed by atoms with van der Waals surface area (Å²) in [6, 6.07) is 2.16. The number of thiophene rings is 1. The molecule has 2 heterocycles. The van der Waals surface area contributed by atoms with Crippen molar-refractivity contribution in [2.45, 2.75) is 38.3 Å². The van der Waals surface area contributed by atoms with Crippen molar-refractivity contribution in [3.63, 3.8) is 0 Å². The number of rotatable bonds is 3. The third-order valence-corrected chi connectivity index (χ3v) is 4.47. The Kier molecular flexibility index (Phi) is 3.67. The molecule has 2 unspecified atom stereocenters. The summed E-state index contributed by atoms with van der Waals surface area (Å²) in [5, 5.41) is 0. The molecule has 0 aromatic carbocycles. The summed E-state index contributed by atoms with van der Waals surface area (Å²) in [5.74, 6) is 0. The first-order valence-electron chi connectivity index (χ1n) is 5.30. The molecule has 2 nitrogen and oxygen atoms in total. The van der Waals surface area contributed by atoms with E-state index < -0.39 is 0 Å². The van der Waals surface area contributed by atoms with E-state index in [0.29, 0.717) is 6.10 Å². The van der Waals surface area contributed by atoms with Gasteiger partial charge in [0.05, 0.1) is 10.4 Å². The normalized spacial score (nSPS) is 23.3. The smallest absolute Gasteiger partial charge is 0.0960 e. The SMILES string of the molecule is Cc1cc(C(N)CC2CCCO2)sc1Cl. The van der Waals surface area contributed by atoms with Gasteiger partial charge in [0.2, 0.25) is 0 Å². The van der Waals surface area contributed by atoms with Crippen LogP contribution in [0.4, 0.5) is 0 Å². The summed E-state index contributed by atoms with van der Waals surface area (Å²) >= 11 is 7.61. The van der Waals surface area contributed by atoms with Crippen molar-refractivity contribution in [1.29, 1.82) is 0 Å². The summed E-state index contributed by atoms with van der Waals surface area (Å²) in [6.45, 7) is 2.91.